The maximum absolute atomic E-state index is 12.6. The maximum Gasteiger partial charge on any atom is 0.254 e. The Bertz CT molecular complexity index is 917. The van der Waals surface area contributed by atoms with Crippen LogP contribution >= 0.6 is 0 Å². The number of hydrogen-bond acceptors (Lipinski definition) is 5. The molecule has 0 radical (unpaired) electrons. The second kappa shape index (κ2) is 5.79. The number of nitrogens with zero attached hydrogens (tertiary/aromatic N) is 2. The molecule has 2 aromatic rings. The van der Waals surface area contributed by atoms with Crippen molar-refractivity contribution in [3.05, 3.63) is 33.9 Å². The summed E-state index contributed by atoms with van der Waals surface area (Å²) in [5.41, 5.74) is 2.49. The number of aromatic nitrogens is 2. The van der Waals surface area contributed by atoms with Crippen LogP contribution in [0.4, 0.5) is 5.69 Å². The number of ketones is 1. The first-order chi connectivity index (χ1) is 12.0. The number of Topliss-reactive ketones (excluding diaryl/α,β-unsaturated/α-hetero) is 1. The van der Waals surface area contributed by atoms with Crippen molar-refractivity contribution in [2.75, 3.05) is 18.0 Å². The Labute approximate surface area is 145 Å². The molecule has 0 aromatic carbocycles. The number of aromatic amines is 1. The zero-order chi connectivity index (χ0) is 17.6. The van der Waals surface area contributed by atoms with Crippen LogP contribution in [0.15, 0.2) is 17.1 Å². The highest BCUT2D eigenvalue weighted by molar-refractivity contribution is 5.97. The van der Waals surface area contributed by atoms with Crippen molar-refractivity contribution in [2.45, 2.75) is 39.0 Å². The molecule has 2 aliphatic rings. The van der Waals surface area contributed by atoms with E-state index >= 15 is 0 Å². The number of anilines is 1. The fourth-order valence-electron chi connectivity index (χ4n) is 3.95. The Kier molecular flexibility index (Phi) is 3.71. The second-order valence-corrected chi connectivity index (χ2v) is 7.42. The molecule has 6 nitrogen and oxygen atoms in total. The minimum Gasteiger partial charge on any atom is -0.371 e. The van der Waals surface area contributed by atoms with Crippen molar-refractivity contribution in [1.82, 2.24) is 9.97 Å². The fourth-order valence-corrected chi connectivity index (χ4v) is 3.95. The smallest absolute Gasteiger partial charge is 0.254 e. The Balaban J connectivity index is 1.88. The number of carbonyl (C=O) groups excluding carboxylic acids is 2. The van der Waals surface area contributed by atoms with Gasteiger partial charge in [-0.05, 0) is 44.1 Å². The Morgan fingerprint density at radius 2 is 2.04 bits per heavy atom. The molecule has 1 aliphatic heterocycles. The number of aldehydes is 1. The average molecular weight is 339 g/mol. The molecule has 1 N–H and O–H groups in total. The lowest BCUT2D eigenvalue weighted by Crippen LogP contribution is -2.36. The molecule has 3 heterocycles. The molecule has 25 heavy (non-hydrogen) atoms. The van der Waals surface area contributed by atoms with Crippen LogP contribution in [0.1, 0.15) is 48.7 Å². The van der Waals surface area contributed by atoms with Gasteiger partial charge in [0.1, 0.15) is 11.5 Å². The summed E-state index contributed by atoms with van der Waals surface area (Å²) in [5, 5.41) is 0.791. The average Bonchev–Trinajstić information content (AvgIpc) is 3.35. The molecule has 1 aliphatic carbocycles. The number of carbonyl (C=O) groups is 2. The van der Waals surface area contributed by atoms with E-state index in [9.17, 15) is 14.4 Å². The van der Waals surface area contributed by atoms with Crippen LogP contribution < -0.4 is 10.5 Å². The third-order valence-electron chi connectivity index (χ3n) is 5.63. The highest BCUT2D eigenvalue weighted by Gasteiger charge is 2.44. The number of hydrogen-bond donors (Lipinski definition) is 1. The molecule has 4 rings (SSSR count). The first-order valence-corrected chi connectivity index (χ1v) is 8.76. The van der Waals surface area contributed by atoms with E-state index in [4.69, 9.17) is 0 Å². The summed E-state index contributed by atoms with van der Waals surface area (Å²) in [6.45, 7) is 3.25. The van der Waals surface area contributed by atoms with Crippen molar-refractivity contribution in [3.63, 3.8) is 0 Å². The molecule has 1 saturated carbocycles. The van der Waals surface area contributed by atoms with Gasteiger partial charge in [0.2, 0.25) is 0 Å². The molecule has 130 valence electrons. The van der Waals surface area contributed by atoms with Crippen LogP contribution in [-0.2, 0) is 11.2 Å². The van der Waals surface area contributed by atoms with Gasteiger partial charge < -0.3 is 9.88 Å². The van der Waals surface area contributed by atoms with E-state index in [0.717, 1.165) is 37.0 Å². The minimum absolute atomic E-state index is 0.0496. The second-order valence-electron chi connectivity index (χ2n) is 7.42. The minimum atomic E-state index is -0.245. The van der Waals surface area contributed by atoms with Crippen molar-refractivity contribution >= 4 is 28.7 Å². The first kappa shape index (κ1) is 16.0. The van der Waals surface area contributed by atoms with Gasteiger partial charge in [-0.3, -0.25) is 19.4 Å². The van der Waals surface area contributed by atoms with Gasteiger partial charge in [-0.1, -0.05) is 0 Å². The highest BCUT2D eigenvalue weighted by Crippen LogP contribution is 2.54. The van der Waals surface area contributed by atoms with Gasteiger partial charge in [0.15, 0.2) is 6.29 Å². The lowest BCUT2D eigenvalue weighted by molar-refractivity contribution is -0.116. The standard InChI is InChI=1S/C19H21N3O3/c1-12(24)8-15-17(22-6-4-19(2-3-19)5-7-22)14-9-13(11-23)20-10-16(14)21-18(15)25/h9-11H,2-8H2,1H3,(H,21,25). The van der Waals surface area contributed by atoms with Crippen molar-refractivity contribution in [3.8, 4) is 0 Å². The van der Waals surface area contributed by atoms with E-state index in [2.05, 4.69) is 14.9 Å². The van der Waals surface area contributed by atoms with Gasteiger partial charge in [0.05, 0.1) is 17.4 Å². The maximum atomic E-state index is 12.6. The van der Waals surface area contributed by atoms with E-state index in [1.165, 1.54) is 26.0 Å². The third-order valence-corrected chi connectivity index (χ3v) is 5.63. The molecule has 2 fully saturated rings. The SMILES string of the molecule is CC(=O)Cc1c(N2CCC3(CC2)CC3)c2cc(C=O)ncc2[nH]c1=O. The van der Waals surface area contributed by atoms with Crippen LogP contribution in [0.3, 0.4) is 0 Å². The van der Waals surface area contributed by atoms with E-state index in [-0.39, 0.29) is 17.8 Å². The van der Waals surface area contributed by atoms with Crippen molar-refractivity contribution in [2.24, 2.45) is 5.41 Å². The predicted molar refractivity (Wildman–Crippen MR) is 95.3 cm³/mol. The van der Waals surface area contributed by atoms with E-state index in [0.29, 0.717) is 28.5 Å². The van der Waals surface area contributed by atoms with Gasteiger partial charge in [-0.25, -0.2) is 0 Å². The number of fused-ring (bicyclic) bond motifs is 1. The number of H-pyrrole nitrogens is 1. The van der Waals surface area contributed by atoms with Crippen LogP contribution in [0.5, 0.6) is 0 Å². The monoisotopic (exact) mass is 339 g/mol. The molecule has 0 bridgehead atoms. The van der Waals surface area contributed by atoms with E-state index < -0.39 is 0 Å². The predicted octanol–water partition coefficient (Wildman–Crippen LogP) is 2.25. The summed E-state index contributed by atoms with van der Waals surface area (Å²) in [6.07, 6.45) is 7.16. The van der Waals surface area contributed by atoms with Crippen LogP contribution in [0.2, 0.25) is 0 Å². The van der Waals surface area contributed by atoms with Crippen LogP contribution in [0.25, 0.3) is 10.9 Å². The summed E-state index contributed by atoms with van der Waals surface area (Å²) in [7, 11) is 0. The number of rotatable bonds is 4. The molecule has 0 unspecified atom stereocenters. The molecule has 0 amide bonds. The van der Waals surface area contributed by atoms with E-state index in [1.54, 1.807) is 6.07 Å². The Morgan fingerprint density at radius 1 is 1.32 bits per heavy atom. The Hall–Kier alpha value is -2.50. The lowest BCUT2D eigenvalue weighted by Gasteiger charge is -2.35. The third kappa shape index (κ3) is 2.86. The van der Waals surface area contributed by atoms with Gasteiger partial charge in [0, 0.05) is 30.5 Å². The van der Waals surface area contributed by atoms with Gasteiger partial charge in [-0.15, -0.1) is 0 Å². The van der Waals surface area contributed by atoms with E-state index in [1.807, 2.05) is 0 Å². The summed E-state index contributed by atoms with van der Waals surface area (Å²) in [5.74, 6) is -0.0496. The lowest BCUT2D eigenvalue weighted by atomic mass is 9.92. The molecule has 1 saturated heterocycles. The summed E-state index contributed by atoms with van der Waals surface area (Å²) < 4.78 is 0. The fraction of sp³-hybridized carbons (Fsp3) is 0.474. The largest absolute Gasteiger partial charge is 0.371 e. The molecular weight excluding hydrogens is 318 g/mol. The number of pyridine rings is 2. The zero-order valence-electron chi connectivity index (χ0n) is 14.3. The summed E-state index contributed by atoms with van der Waals surface area (Å²) in [6, 6.07) is 1.71. The van der Waals surface area contributed by atoms with Gasteiger partial charge >= 0.3 is 0 Å². The zero-order valence-corrected chi connectivity index (χ0v) is 14.3. The summed E-state index contributed by atoms with van der Waals surface area (Å²) in [4.78, 5) is 44.6. The van der Waals surface area contributed by atoms with Crippen molar-refractivity contribution < 1.29 is 9.59 Å². The Morgan fingerprint density at radius 3 is 2.64 bits per heavy atom. The normalized spacial score (nSPS) is 18.5. The number of piperidine rings is 1. The molecular formula is C19H21N3O3. The number of nitrogens with one attached hydrogen (secondary N) is 1. The van der Waals surface area contributed by atoms with Gasteiger partial charge in [-0.2, -0.15) is 0 Å². The quantitative estimate of drug-likeness (QED) is 0.864. The van der Waals surface area contributed by atoms with Crippen molar-refractivity contribution in [1.29, 1.82) is 0 Å². The molecule has 6 heteroatoms. The van der Waals surface area contributed by atoms with Gasteiger partial charge in [0.25, 0.3) is 5.56 Å². The topological polar surface area (TPSA) is 83.1 Å². The van der Waals surface area contributed by atoms with Crippen LogP contribution in [0, 0.1) is 5.41 Å². The molecule has 1 spiro atoms. The van der Waals surface area contributed by atoms with Crippen LogP contribution in [-0.4, -0.2) is 35.1 Å². The molecule has 0 atom stereocenters. The summed E-state index contributed by atoms with van der Waals surface area (Å²) >= 11 is 0. The molecule has 2 aromatic heterocycles. The first-order valence-electron chi connectivity index (χ1n) is 8.76. The highest BCUT2D eigenvalue weighted by atomic mass is 16.1.